The second-order valence-corrected chi connectivity index (χ2v) is 6.39. The quantitative estimate of drug-likeness (QED) is 0.533. The number of carboxylic acid groups (broad SMARTS) is 1. The third kappa shape index (κ3) is 6.65. The Hall–Kier alpha value is -2.23. The van der Waals surface area contributed by atoms with Crippen molar-refractivity contribution < 1.29 is 20.1 Å². The van der Waals surface area contributed by atoms with Crippen LogP contribution in [0.4, 0.5) is 0 Å². The number of hydrogen-bond donors (Lipinski definition) is 3. The number of aromatic hydroxyl groups is 2. The van der Waals surface area contributed by atoms with E-state index in [-0.39, 0.29) is 30.1 Å². The summed E-state index contributed by atoms with van der Waals surface area (Å²) in [6.07, 6.45) is 7.48. The lowest BCUT2D eigenvalue weighted by molar-refractivity contribution is 0.0692. The fraction of sp³-hybridized carbons (Fsp3) is 0.476. The van der Waals surface area contributed by atoms with Crippen LogP contribution in [0.15, 0.2) is 29.4 Å². The SMILES string of the molecule is C.CCCc1cc(O)c(C/C=C(\C)CCC=C(C)C)c(O)c1C(=O)O. The van der Waals surface area contributed by atoms with Crippen LogP contribution in [0.3, 0.4) is 0 Å². The van der Waals surface area contributed by atoms with E-state index in [2.05, 4.69) is 19.9 Å². The summed E-state index contributed by atoms with van der Waals surface area (Å²) in [7, 11) is 0. The first-order valence-electron chi connectivity index (χ1n) is 8.36. The Bertz CT molecular complexity index is 650. The van der Waals surface area contributed by atoms with Crippen molar-refractivity contribution in [1.82, 2.24) is 0 Å². The van der Waals surface area contributed by atoms with Gasteiger partial charge in [-0.1, -0.05) is 44.1 Å². The number of allylic oxidation sites excluding steroid dienone is 4. The summed E-state index contributed by atoms with van der Waals surface area (Å²) in [5.41, 5.74) is 3.05. The summed E-state index contributed by atoms with van der Waals surface area (Å²) in [6, 6.07) is 1.47. The van der Waals surface area contributed by atoms with Crippen LogP contribution in [0.2, 0.25) is 0 Å². The molecule has 25 heavy (non-hydrogen) atoms. The maximum atomic E-state index is 11.5. The fourth-order valence-electron chi connectivity index (χ4n) is 2.62. The summed E-state index contributed by atoms with van der Waals surface area (Å²) in [4.78, 5) is 11.5. The van der Waals surface area contributed by atoms with E-state index < -0.39 is 5.97 Å². The smallest absolute Gasteiger partial charge is 0.339 e. The highest BCUT2D eigenvalue weighted by atomic mass is 16.4. The Morgan fingerprint density at radius 2 is 1.80 bits per heavy atom. The Morgan fingerprint density at radius 1 is 1.16 bits per heavy atom. The van der Waals surface area contributed by atoms with E-state index in [1.165, 1.54) is 11.6 Å². The van der Waals surface area contributed by atoms with E-state index in [9.17, 15) is 20.1 Å². The normalized spacial score (nSPS) is 11.0. The second kappa shape index (κ2) is 10.6. The Morgan fingerprint density at radius 3 is 2.32 bits per heavy atom. The predicted molar refractivity (Wildman–Crippen MR) is 104 cm³/mol. The molecule has 1 aromatic carbocycles. The highest BCUT2D eigenvalue weighted by Gasteiger charge is 2.21. The zero-order chi connectivity index (χ0) is 18.3. The van der Waals surface area contributed by atoms with Gasteiger partial charge in [0.15, 0.2) is 0 Å². The minimum Gasteiger partial charge on any atom is -0.508 e. The first-order chi connectivity index (χ1) is 11.3. The number of aryl methyl sites for hydroxylation is 1. The molecule has 0 aromatic heterocycles. The molecule has 0 saturated carbocycles. The maximum Gasteiger partial charge on any atom is 0.339 e. The summed E-state index contributed by atoms with van der Waals surface area (Å²) in [5, 5.41) is 29.9. The molecule has 1 rings (SSSR count). The fourth-order valence-corrected chi connectivity index (χ4v) is 2.62. The Kier molecular flexibility index (Phi) is 9.65. The number of phenolic OH excluding ortho intramolecular Hbond substituents is 1. The molecular formula is C21H32O4. The van der Waals surface area contributed by atoms with Crippen LogP contribution in [0, 0.1) is 0 Å². The average Bonchev–Trinajstić information content (AvgIpc) is 2.46. The number of carbonyl (C=O) groups is 1. The molecule has 0 heterocycles. The highest BCUT2D eigenvalue weighted by molar-refractivity contribution is 5.93. The van der Waals surface area contributed by atoms with Crippen molar-refractivity contribution in [2.45, 2.75) is 67.2 Å². The van der Waals surface area contributed by atoms with E-state index >= 15 is 0 Å². The zero-order valence-corrected chi connectivity index (χ0v) is 15.0. The highest BCUT2D eigenvalue weighted by Crippen LogP contribution is 2.35. The molecule has 3 N–H and O–H groups in total. The monoisotopic (exact) mass is 348 g/mol. The van der Waals surface area contributed by atoms with Gasteiger partial charge < -0.3 is 15.3 Å². The van der Waals surface area contributed by atoms with Crippen LogP contribution in [-0.4, -0.2) is 21.3 Å². The number of phenols is 2. The number of benzene rings is 1. The first-order valence-corrected chi connectivity index (χ1v) is 8.36. The molecule has 0 spiro atoms. The van der Waals surface area contributed by atoms with Crippen LogP contribution in [0.25, 0.3) is 0 Å². The first kappa shape index (κ1) is 22.8. The van der Waals surface area contributed by atoms with Crippen molar-refractivity contribution in [3.63, 3.8) is 0 Å². The van der Waals surface area contributed by atoms with Gasteiger partial charge in [0.25, 0.3) is 0 Å². The van der Waals surface area contributed by atoms with Crippen molar-refractivity contribution >= 4 is 5.97 Å². The number of hydrogen-bond acceptors (Lipinski definition) is 3. The zero-order valence-electron chi connectivity index (χ0n) is 15.0. The molecule has 0 radical (unpaired) electrons. The second-order valence-electron chi connectivity index (χ2n) is 6.39. The molecule has 140 valence electrons. The number of carboxylic acids is 1. The van der Waals surface area contributed by atoms with Crippen LogP contribution in [0.1, 0.15) is 75.9 Å². The van der Waals surface area contributed by atoms with Crippen LogP contribution in [-0.2, 0) is 12.8 Å². The summed E-state index contributed by atoms with van der Waals surface area (Å²) in [5.74, 6) is -1.53. The lowest BCUT2D eigenvalue weighted by atomic mass is 9.95. The van der Waals surface area contributed by atoms with Gasteiger partial charge in [-0.2, -0.15) is 0 Å². The van der Waals surface area contributed by atoms with Gasteiger partial charge in [-0.25, -0.2) is 4.79 Å². The number of rotatable bonds is 8. The third-order valence-corrected chi connectivity index (χ3v) is 3.94. The molecule has 4 heteroatoms. The molecule has 0 saturated heterocycles. The molecule has 1 aromatic rings. The van der Waals surface area contributed by atoms with Gasteiger partial charge in [-0.15, -0.1) is 0 Å². The van der Waals surface area contributed by atoms with E-state index in [0.717, 1.165) is 24.8 Å². The lowest BCUT2D eigenvalue weighted by Gasteiger charge is -2.13. The van der Waals surface area contributed by atoms with E-state index in [1.54, 1.807) is 0 Å². The summed E-state index contributed by atoms with van der Waals surface area (Å²) >= 11 is 0. The molecule has 0 amide bonds. The number of aromatic carboxylic acids is 1. The molecule has 0 bridgehead atoms. The van der Waals surface area contributed by atoms with Crippen molar-refractivity contribution in [2.24, 2.45) is 0 Å². The summed E-state index contributed by atoms with van der Waals surface area (Å²) < 4.78 is 0. The minimum atomic E-state index is -1.17. The van der Waals surface area contributed by atoms with Gasteiger partial charge in [0, 0.05) is 5.56 Å². The third-order valence-electron chi connectivity index (χ3n) is 3.94. The standard InChI is InChI=1S/C20H28O4.CH4/c1-5-7-15-12-17(21)16(19(22)18(15)20(23)24)11-10-14(4)9-6-8-13(2)3;/h8,10,12,21-22H,5-7,9,11H2,1-4H3,(H,23,24);1H4/b14-10+;. The largest absolute Gasteiger partial charge is 0.508 e. The molecule has 4 nitrogen and oxygen atoms in total. The van der Waals surface area contributed by atoms with Crippen molar-refractivity contribution in [3.05, 3.63) is 46.1 Å². The van der Waals surface area contributed by atoms with Gasteiger partial charge in [0.2, 0.25) is 0 Å². The van der Waals surface area contributed by atoms with E-state index in [4.69, 9.17) is 0 Å². The molecule has 0 aliphatic heterocycles. The van der Waals surface area contributed by atoms with E-state index in [1.807, 2.05) is 19.9 Å². The summed E-state index contributed by atoms with van der Waals surface area (Å²) in [6.45, 7) is 8.03. The van der Waals surface area contributed by atoms with Crippen LogP contribution in [0.5, 0.6) is 11.5 Å². The van der Waals surface area contributed by atoms with Gasteiger partial charge >= 0.3 is 5.97 Å². The lowest BCUT2D eigenvalue weighted by Crippen LogP contribution is -2.05. The maximum absolute atomic E-state index is 11.5. The van der Waals surface area contributed by atoms with Gasteiger partial charge in [0.05, 0.1) is 0 Å². The van der Waals surface area contributed by atoms with Gasteiger partial charge in [-0.3, -0.25) is 0 Å². The molecule has 0 atom stereocenters. The minimum absolute atomic E-state index is 0. The molecule has 0 fully saturated rings. The Labute approximate surface area is 151 Å². The van der Waals surface area contributed by atoms with Crippen molar-refractivity contribution in [3.8, 4) is 11.5 Å². The predicted octanol–water partition coefficient (Wildman–Crippen LogP) is 5.62. The van der Waals surface area contributed by atoms with Crippen molar-refractivity contribution in [2.75, 3.05) is 0 Å². The topological polar surface area (TPSA) is 77.8 Å². The molecule has 0 unspecified atom stereocenters. The van der Waals surface area contributed by atoms with Crippen LogP contribution >= 0.6 is 0 Å². The molecular weight excluding hydrogens is 316 g/mol. The van der Waals surface area contributed by atoms with Crippen molar-refractivity contribution in [1.29, 1.82) is 0 Å². The van der Waals surface area contributed by atoms with Crippen LogP contribution < -0.4 is 0 Å². The van der Waals surface area contributed by atoms with Gasteiger partial charge in [0.1, 0.15) is 17.1 Å². The molecule has 0 aliphatic rings. The van der Waals surface area contributed by atoms with Gasteiger partial charge in [-0.05, 0) is 58.1 Å². The molecule has 0 aliphatic carbocycles. The average molecular weight is 348 g/mol. The van der Waals surface area contributed by atoms with E-state index in [0.29, 0.717) is 18.4 Å². The Balaban J connectivity index is 0.00000576.